The van der Waals surface area contributed by atoms with Crippen LogP contribution in [0.4, 0.5) is 4.39 Å². The zero-order chi connectivity index (χ0) is 21.7. The van der Waals surface area contributed by atoms with Gasteiger partial charge in [-0.3, -0.25) is 9.59 Å². The molecule has 2 N–H and O–H groups in total. The standard InChI is InChI=1S/C22H22FN3O2S2/c1-14-3-6-16(7-4-14)19-13-30-22(29)26(19)12-20(27)24-9-10-25-21(28)17-8-5-15(2)18(23)11-17/h3-8,11,13H,9-10,12H2,1-2H3,(H,24,27)(H,25,28). The van der Waals surface area contributed by atoms with Gasteiger partial charge in [-0.05, 0) is 49.3 Å². The van der Waals surface area contributed by atoms with E-state index in [4.69, 9.17) is 12.2 Å². The van der Waals surface area contributed by atoms with Crippen molar-refractivity contribution in [2.75, 3.05) is 13.1 Å². The summed E-state index contributed by atoms with van der Waals surface area (Å²) in [6.07, 6.45) is 0. The minimum absolute atomic E-state index is 0.0999. The van der Waals surface area contributed by atoms with Crippen LogP contribution in [0.3, 0.4) is 0 Å². The number of halogens is 1. The van der Waals surface area contributed by atoms with Crippen molar-refractivity contribution < 1.29 is 14.0 Å². The molecule has 0 unspecified atom stereocenters. The number of aromatic nitrogens is 1. The van der Waals surface area contributed by atoms with E-state index in [0.717, 1.165) is 16.8 Å². The summed E-state index contributed by atoms with van der Waals surface area (Å²) in [5, 5.41) is 7.39. The van der Waals surface area contributed by atoms with E-state index in [2.05, 4.69) is 10.6 Å². The molecule has 0 aliphatic heterocycles. The molecule has 0 saturated heterocycles. The summed E-state index contributed by atoms with van der Waals surface area (Å²) in [5.41, 5.74) is 3.79. The SMILES string of the molecule is Cc1ccc(-c2csc(=S)n2CC(=O)NCCNC(=O)c2ccc(C)c(F)c2)cc1. The Morgan fingerprint density at radius 2 is 1.77 bits per heavy atom. The van der Waals surface area contributed by atoms with Gasteiger partial charge in [-0.1, -0.05) is 35.9 Å². The van der Waals surface area contributed by atoms with Crippen LogP contribution in [0.5, 0.6) is 0 Å². The molecule has 0 aliphatic carbocycles. The topological polar surface area (TPSA) is 63.1 Å². The molecule has 0 radical (unpaired) electrons. The lowest BCUT2D eigenvalue weighted by Crippen LogP contribution is -2.36. The van der Waals surface area contributed by atoms with Gasteiger partial charge in [0.1, 0.15) is 12.4 Å². The number of rotatable bonds is 7. The van der Waals surface area contributed by atoms with Crippen LogP contribution in [-0.2, 0) is 11.3 Å². The van der Waals surface area contributed by atoms with Crippen molar-refractivity contribution in [1.82, 2.24) is 15.2 Å². The molecule has 0 spiro atoms. The smallest absolute Gasteiger partial charge is 0.251 e. The lowest BCUT2D eigenvalue weighted by molar-refractivity contribution is -0.121. The number of hydrogen-bond donors (Lipinski definition) is 2. The largest absolute Gasteiger partial charge is 0.353 e. The zero-order valence-corrected chi connectivity index (χ0v) is 18.3. The fraction of sp³-hybridized carbons (Fsp3) is 0.227. The zero-order valence-electron chi connectivity index (χ0n) is 16.7. The number of nitrogens with zero attached hydrogens (tertiary/aromatic N) is 1. The van der Waals surface area contributed by atoms with Gasteiger partial charge in [-0.2, -0.15) is 0 Å². The Balaban J connectivity index is 1.52. The number of hydrogen-bond acceptors (Lipinski definition) is 4. The third-order valence-electron chi connectivity index (χ3n) is 4.60. The minimum atomic E-state index is -0.423. The summed E-state index contributed by atoms with van der Waals surface area (Å²) in [7, 11) is 0. The second-order valence-corrected chi connectivity index (χ2v) is 8.41. The van der Waals surface area contributed by atoms with Gasteiger partial charge < -0.3 is 15.2 Å². The molecule has 30 heavy (non-hydrogen) atoms. The molecule has 0 fully saturated rings. The normalized spacial score (nSPS) is 10.6. The van der Waals surface area contributed by atoms with Crippen LogP contribution >= 0.6 is 23.6 Å². The van der Waals surface area contributed by atoms with Gasteiger partial charge in [0.2, 0.25) is 5.91 Å². The molecule has 2 aromatic carbocycles. The number of carbonyl (C=O) groups excluding carboxylic acids is 2. The van der Waals surface area contributed by atoms with E-state index in [0.29, 0.717) is 9.52 Å². The molecule has 0 saturated carbocycles. The maximum atomic E-state index is 13.6. The summed E-state index contributed by atoms with van der Waals surface area (Å²) >= 11 is 6.79. The Hall–Kier alpha value is -2.84. The summed E-state index contributed by atoms with van der Waals surface area (Å²) in [6, 6.07) is 12.4. The molecule has 0 atom stereocenters. The Bertz CT molecular complexity index is 1120. The predicted molar refractivity (Wildman–Crippen MR) is 120 cm³/mol. The van der Waals surface area contributed by atoms with Crippen molar-refractivity contribution in [2.24, 2.45) is 0 Å². The van der Waals surface area contributed by atoms with E-state index in [9.17, 15) is 14.0 Å². The molecule has 156 valence electrons. The van der Waals surface area contributed by atoms with Crippen LogP contribution in [0.15, 0.2) is 47.8 Å². The van der Waals surface area contributed by atoms with E-state index in [1.54, 1.807) is 23.6 Å². The maximum absolute atomic E-state index is 13.6. The Labute approximate surface area is 183 Å². The first-order valence-corrected chi connectivity index (χ1v) is 10.7. The van der Waals surface area contributed by atoms with Gasteiger partial charge in [0.15, 0.2) is 3.95 Å². The fourth-order valence-electron chi connectivity index (χ4n) is 2.84. The molecule has 8 heteroatoms. The van der Waals surface area contributed by atoms with Gasteiger partial charge in [-0.15, -0.1) is 11.3 Å². The lowest BCUT2D eigenvalue weighted by Gasteiger charge is -2.11. The molecule has 3 aromatic rings. The monoisotopic (exact) mass is 443 g/mol. The van der Waals surface area contributed by atoms with Crippen LogP contribution in [0, 0.1) is 23.6 Å². The fourth-order valence-corrected chi connectivity index (χ4v) is 3.92. The Morgan fingerprint density at radius 3 is 2.47 bits per heavy atom. The molecule has 2 amide bonds. The van der Waals surface area contributed by atoms with Crippen molar-refractivity contribution >= 4 is 35.4 Å². The van der Waals surface area contributed by atoms with E-state index < -0.39 is 5.82 Å². The molecular formula is C22H22FN3O2S2. The highest BCUT2D eigenvalue weighted by Crippen LogP contribution is 2.24. The number of carbonyl (C=O) groups is 2. The van der Waals surface area contributed by atoms with Gasteiger partial charge in [-0.25, -0.2) is 4.39 Å². The Morgan fingerprint density at radius 1 is 1.07 bits per heavy atom. The van der Waals surface area contributed by atoms with Crippen LogP contribution < -0.4 is 10.6 Å². The summed E-state index contributed by atoms with van der Waals surface area (Å²) < 4.78 is 16.0. The number of aryl methyl sites for hydroxylation is 2. The van der Waals surface area contributed by atoms with Crippen molar-refractivity contribution in [3.63, 3.8) is 0 Å². The number of nitrogens with one attached hydrogen (secondary N) is 2. The molecule has 3 rings (SSSR count). The number of thiazole rings is 1. The first-order chi connectivity index (χ1) is 14.3. The summed E-state index contributed by atoms with van der Waals surface area (Å²) in [6.45, 7) is 4.25. The third kappa shape index (κ3) is 5.40. The van der Waals surface area contributed by atoms with E-state index in [1.807, 2.05) is 36.6 Å². The van der Waals surface area contributed by atoms with Crippen LogP contribution in [0.2, 0.25) is 0 Å². The van der Waals surface area contributed by atoms with Crippen LogP contribution in [0.1, 0.15) is 21.5 Å². The number of benzene rings is 2. The molecular weight excluding hydrogens is 421 g/mol. The average Bonchev–Trinajstić information content (AvgIpc) is 3.08. The van der Waals surface area contributed by atoms with Crippen LogP contribution in [-0.4, -0.2) is 29.5 Å². The first-order valence-electron chi connectivity index (χ1n) is 9.41. The second kappa shape index (κ2) is 9.77. The molecule has 1 heterocycles. The Kier molecular flexibility index (Phi) is 7.12. The van der Waals surface area contributed by atoms with Gasteiger partial charge >= 0.3 is 0 Å². The van der Waals surface area contributed by atoms with Gasteiger partial charge in [0.25, 0.3) is 5.91 Å². The first kappa shape index (κ1) is 21.9. The van der Waals surface area contributed by atoms with Gasteiger partial charge in [0.05, 0.1) is 5.69 Å². The average molecular weight is 444 g/mol. The highest BCUT2D eigenvalue weighted by atomic mass is 32.1. The van der Waals surface area contributed by atoms with E-state index in [1.165, 1.54) is 17.4 Å². The molecule has 5 nitrogen and oxygen atoms in total. The summed E-state index contributed by atoms with van der Waals surface area (Å²) in [4.78, 5) is 24.4. The van der Waals surface area contributed by atoms with E-state index in [-0.39, 0.29) is 37.0 Å². The van der Waals surface area contributed by atoms with Crippen molar-refractivity contribution in [1.29, 1.82) is 0 Å². The highest BCUT2D eigenvalue weighted by Gasteiger charge is 2.11. The maximum Gasteiger partial charge on any atom is 0.251 e. The predicted octanol–water partition coefficient (Wildman–Crippen LogP) is 4.25. The van der Waals surface area contributed by atoms with Crippen molar-refractivity contribution in [3.8, 4) is 11.3 Å². The quantitative estimate of drug-likeness (QED) is 0.424. The third-order valence-corrected chi connectivity index (χ3v) is 5.87. The molecule has 0 aliphatic rings. The lowest BCUT2D eigenvalue weighted by atomic mass is 10.1. The minimum Gasteiger partial charge on any atom is -0.353 e. The van der Waals surface area contributed by atoms with E-state index >= 15 is 0 Å². The van der Waals surface area contributed by atoms with Crippen molar-refractivity contribution in [2.45, 2.75) is 20.4 Å². The highest BCUT2D eigenvalue weighted by molar-refractivity contribution is 7.73. The number of amides is 2. The second-order valence-electron chi connectivity index (χ2n) is 6.91. The van der Waals surface area contributed by atoms with Crippen LogP contribution in [0.25, 0.3) is 11.3 Å². The molecule has 1 aromatic heterocycles. The summed E-state index contributed by atoms with van der Waals surface area (Å²) in [5.74, 6) is -1.01. The molecule has 0 bridgehead atoms. The van der Waals surface area contributed by atoms with Crippen molar-refractivity contribution in [3.05, 3.63) is 74.3 Å². The van der Waals surface area contributed by atoms with Gasteiger partial charge in [0, 0.05) is 24.0 Å².